The predicted octanol–water partition coefficient (Wildman–Crippen LogP) is 3.05. The van der Waals surface area contributed by atoms with E-state index in [1.807, 2.05) is 12.1 Å². The fourth-order valence-electron chi connectivity index (χ4n) is 4.80. The second-order valence-electron chi connectivity index (χ2n) is 7.76. The van der Waals surface area contributed by atoms with Gasteiger partial charge in [-0.1, -0.05) is 30.3 Å². The summed E-state index contributed by atoms with van der Waals surface area (Å²) in [7, 11) is 1.65. The zero-order chi connectivity index (χ0) is 19.0. The van der Waals surface area contributed by atoms with Crippen molar-refractivity contribution in [3.63, 3.8) is 0 Å². The van der Waals surface area contributed by atoms with E-state index in [4.69, 9.17) is 4.74 Å². The number of ether oxygens (including phenoxy) is 1. The zero-order valence-corrected chi connectivity index (χ0v) is 16.3. The second kappa shape index (κ2) is 7.31. The van der Waals surface area contributed by atoms with Gasteiger partial charge in [0.1, 0.15) is 0 Å². The number of hydrogen-bond acceptors (Lipinski definition) is 4. The summed E-state index contributed by atoms with van der Waals surface area (Å²) in [4.78, 5) is 21.4. The van der Waals surface area contributed by atoms with Crippen molar-refractivity contribution < 1.29 is 9.53 Å². The van der Waals surface area contributed by atoms with Gasteiger partial charge in [-0.25, -0.2) is 4.98 Å². The van der Waals surface area contributed by atoms with Gasteiger partial charge in [0.15, 0.2) is 0 Å². The first-order chi connectivity index (χ1) is 13.1. The van der Waals surface area contributed by atoms with Crippen LogP contribution in [-0.4, -0.2) is 47.4 Å². The molecule has 0 aliphatic carbocycles. The SMILES string of the molecule is COc1cccc(CN2C[C@@H]3CN(C(C)=O)[C@@H](c4ccccc4C)[C@@H]3C2)n1. The van der Waals surface area contributed by atoms with Gasteiger partial charge < -0.3 is 9.64 Å². The van der Waals surface area contributed by atoms with Gasteiger partial charge in [-0.05, 0) is 30.0 Å². The van der Waals surface area contributed by atoms with E-state index in [2.05, 4.69) is 52.0 Å². The van der Waals surface area contributed by atoms with E-state index in [-0.39, 0.29) is 11.9 Å². The molecule has 2 aromatic rings. The highest BCUT2D eigenvalue weighted by molar-refractivity contribution is 5.74. The van der Waals surface area contributed by atoms with Crippen LogP contribution in [0.2, 0.25) is 0 Å². The molecule has 142 valence electrons. The number of rotatable bonds is 4. The summed E-state index contributed by atoms with van der Waals surface area (Å²) in [6.07, 6.45) is 0. The van der Waals surface area contributed by atoms with Gasteiger partial charge in [-0.2, -0.15) is 0 Å². The molecule has 2 saturated heterocycles. The van der Waals surface area contributed by atoms with Crippen LogP contribution in [0.1, 0.15) is 29.8 Å². The second-order valence-corrected chi connectivity index (χ2v) is 7.76. The molecule has 0 spiro atoms. The van der Waals surface area contributed by atoms with Crippen LogP contribution in [0.3, 0.4) is 0 Å². The standard InChI is InChI=1S/C22H27N3O2/c1-15-7-4-5-9-19(15)22-20-14-24(11-17(20)12-25(22)16(2)26)13-18-8-6-10-21(23-18)27-3/h4-10,17,20,22H,11-14H2,1-3H3/t17-,20-,22+/m1/s1. The van der Waals surface area contributed by atoms with E-state index >= 15 is 0 Å². The predicted molar refractivity (Wildman–Crippen MR) is 104 cm³/mol. The zero-order valence-electron chi connectivity index (χ0n) is 16.3. The molecule has 2 aliphatic rings. The number of nitrogens with zero attached hydrogens (tertiary/aromatic N) is 3. The number of benzene rings is 1. The molecule has 0 bridgehead atoms. The van der Waals surface area contributed by atoms with Crippen LogP contribution in [0.25, 0.3) is 0 Å². The first kappa shape index (κ1) is 18.0. The van der Waals surface area contributed by atoms with E-state index in [1.54, 1.807) is 14.0 Å². The topological polar surface area (TPSA) is 45.7 Å². The molecule has 27 heavy (non-hydrogen) atoms. The smallest absolute Gasteiger partial charge is 0.219 e. The molecule has 2 aliphatic heterocycles. The minimum Gasteiger partial charge on any atom is -0.481 e. The molecule has 5 nitrogen and oxygen atoms in total. The number of hydrogen-bond donors (Lipinski definition) is 0. The molecule has 1 aromatic heterocycles. The molecular formula is C22H27N3O2. The highest BCUT2D eigenvalue weighted by atomic mass is 16.5. The van der Waals surface area contributed by atoms with Crippen LogP contribution in [0, 0.1) is 18.8 Å². The highest BCUT2D eigenvalue weighted by Gasteiger charge is 2.48. The lowest BCUT2D eigenvalue weighted by Gasteiger charge is -2.30. The normalized spacial score (nSPS) is 24.9. The van der Waals surface area contributed by atoms with Crippen molar-refractivity contribution in [3.05, 3.63) is 59.3 Å². The van der Waals surface area contributed by atoms with Crippen LogP contribution in [-0.2, 0) is 11.3 Å². The lowest BCUT2D eigenvalue weighted by Crippen LogP contribution is -2.34. The number of fused-ring (bicyclic) bond motifs is 1. The number of aromatic nitrogens is 1. The highest BCUT2D eigenvalue weighted by Crippen LogP contribution is 2.45. The van der Waals surface area contributed by atoms with E-state index in [9.17, 15) is 4.79 Å². The minimum atomic E-state index is 0.178. The lowest BCUT2D eigenvalue weighted by molar-refractivity contribution is -0.130. The summed E-state index contributed by atoms with van der Waals surface area (Å²) in [6, 6.07) is 14.6. The fourth-order valence-corrected chi connectivity index (χ4v) is 4.80. The average molecular weight is 365 g/mol. The van der Waals surface area contributed by atoms with Crippen LogP contribution < -0.4 is 4.74 Å². The molecule has 0 unspecified atom stereocenters. The fraction of sp³-hybridized carbons (Fsp3) is 0.455. The molecular weight excluding hydrogens is 338 g/mol. The molecule has 0 radical (unpaired) electrons. The van der Waals surface area contributed by atoms with Crippen LogP contribution >= 0.6 is 0 Å². The van der Waals surface area contributed by atoms with Gasteiger partial charge in [-0.3, -0.25) is 9.69 Å². The maximum absolute atomic E-state index is 12.3. The Hall–Kier alpha value is -2.40. The van der Waals surface area contributed by atoms with E-state index in [0.29, 0.717) is 17.7 Å². The number of methoxy groups -OCH3 is 1. The Bertz CT molecular complexity index is 838. The molecule has 4 rings (SSSR count). The third-order valence-corrected chi connectivity index (χ3v) is 6.03. The van der Waals surface area contributed by atoms with Crippen molar-refractivity contribution in [2.75, 3.05) is 26.7 Å². The monoisotopic (exact) mass is 365 g/mol. The van der Waals surface area contributed by atoms with Gasteiger partial charge in [0, 0.05) is 45.1 Å². The number of amides is 1. The third-order valence-electron chi connectivity index (χ3n) is 6.03. The van der Waals surface area contributed by atoms with Gasteiger partial charge in [0.05, 0.1) is 18.8 Å². The number of aryl methyl sites for hydroxylation is 1. The van der Waals surface area contributed by atoms with Crippen molar-refractivity contribution in [1.29, 1.82) is 0 Å². The molecule has 3 heterocycles. The molecule has 3 atom stereocenters. The maximum Gasteiger partial charge on any atom is 0.219 e. The molecule has 0 N–H and O–H groups in total. The summed E-state index contributed by atoms with van der Waals surface area (Å²) in [5.74, 6) is 1.83. The summed E-state index contributed by atoms with van der Waals surface area (Å²) in [6.45, 7) is 7.52. The Labute approximate surface area is 161 Å². The van der Waals surface area contributed by atoms with E-state index in [1.165, 1.54) is 11.1 Å². The van der Waals surface area contributed by atoms with Crippen LogP contribution in [0.4, 0.5) is 0 Å². The van der Waals surface area contributed by atoms with E-state index in [0.717, 1.165) is 31.9 Å². The Morgan fingerprint density at radius 1 is 1.15 bits per heavy atom. The molecule has 0 saturated carbocycles. The maximum atomic E-state index is 12.3. The van der Waals surface area contributed by atoms with Gasteiger partial charge in [0.2, 0.25) is 11.8 Å². The number of carbonyl (C=O) groups excluding carboxylic acids is 1. The Balaban J connectivity index is 1.55. The largest absolute Gasteiger partial charge is 0.481 e. The third kappa shape index (κ3) is 3.44. The Morgan fingerprint density at radius 3 is 2.70 bits per heavy atom. The molecule has 2 fully saturated rings. The van der Waals surface area contributed by atoms with Crippen LogP contribution in [0.15, 0.2) is 42.5 Å². The number of carbonyl (C=O) groups is 1. The lowest BCUT2D eigenvalue weighted by atomic mass is 9.87. The first-order valence-electron chi connectivity index (χ1n) is 9.62. The van der Waals surface area contributed by atoms with Crippen LogP contribution in [0.5, 0.6) is 5.88 Å². The molecule has 5 heteroatoms. The van der Waals surface area contributed by atoms with Gasteiger partial charge in [-0.15, -0.1) is 0 Å². The number of likely N-dealkylation sites (tertiary alicyclic amines) is 2. The van der Waals surface area contributed by atoms with E-state index < -0.39 is 0 Å². The summed E-state index contributed by atoms with van der Waals surface area (Å²) >= 11 is 0. The minimum absolute atomic E-state index is 0.178. The van der Waals surface area contributed by atoms with Gasteiger partial charge >= 0.3 is 0 Å². The summed E-state index contributed by atoms with van der Waals surface area (Å²) in [5.41, 5.74) is 3.59. The quantitative estimate of drug-likeness (QED) is 0.835. The van der Waals surface area contributed by atoms with Crippen molar-refractivity contribution in [3.8, 4) is 5.88 Å². The van der Waals surface area contributed by atoms with Crippen molar-refractivity contribution in [1.82, 2.24) is 14.8 Å². The summed E-state index contributed by atoms with van der Waals surface area (Å²) in [5, 5.41) is 0. The molecule has 1 amide bonds. The van der Waals surface area contributed by atoms with Crippen molar-refractivity contribution in [2.24, 2.45) is 11.8 Å². The summed E-state index contributed by atoms with van der Waals surface area (Å²) < 4.78 is 5.25. The first-order valence-corrected chi connectivity index (χ1v) is 9.62. The Kier molecular flexibility index (Phi) is 4.87. The van der Waals surface area contributed by atoms with Gasteiger partial charge in [0.25, 0.3) is 0 Å². The average Bonchev–Trinajstić information content (AvgIpc) is 3.20. The Morgan fingerprint density at radius 2 is 1.96 bits per heavy atom. The number of pyridine rings is 1. The van der Waals surface area contributed by atoms with Crippen molar-refractivity contribution in [2.45, 2.75) is 26.4 Å². The molecule has 1 aromatic carbocycles. The van der Waals surface area contributed by atoms with Crippen molar-refractivity contribution >= 4 is 5.91 Å².